The Bertz CT molecular complexity index is 710. The van der Waals surface area contributed by atoms with Gasteiger partial charge in [-0.3, -0.25) is 4.79 Å². The molecule has 8 nitrogen and oxygen atoms in total. The van der Waals surface area contributed by atoms with Crippen LogP contribution in [-0.4, -0.2) is 54.9 Å². The van der Waals surface area contributed by atoms with Crippen molar-refractivity contribution in [3.8, 4) is 0 Å². The summed E-state index contributed by atoms with van der Waals surface area (Å²) >= 11 is 1.70. The van der Waals surface area contributed by atoms with Gasteiger partial charge in [0.05, 0.1) is 12.4 Å². The molecule has 2 aromatic rings. The number of fused-ring (bicyclic) bond motifs is 1. The van der Waals surface area contributed by atoms with Crippen LogP contribution in [0.15, 0.2) is 6.33 Å². The largest absolute Gasteiger partial charge is 0.382 e. The lowest BCUT2D eigenvalue weighted by atomic mass is 10.1. The first-order valence-electron chi connectivity index (χ1n) is 7.05. The summed E-state index contributed by atoms with van der Waals surface area (Å²) < 4.78 is 1.92. The number of anilines is 2. The van der Waals surface area contributed by atoms with Crippen LogP contribution >= 0.6 is 11.8 Å². The van der Waals surface area contributed by atoms with Crippen molar-refractivity contribution in [3.05, 3.63) is 6.33 Å². The number of thioether (sulfide) groups is 1. The van der Waals surface area contributed by atoms with Gasteiger partial charge in [0.2, 0.25) is 11.9 Å². The number of imidazole rings is 1. The maximum atomic E-state index is 12.1. The van der Waals surface area contributed by atoms with Crippen molar-refractivity contribution < 1.29 is 4.79 Å². The maximum Gasteiger partial charge on any atom is 0.224 e. The van der Waals surface area contributed by atoms with E-state index >= 15 is 0 Å². The van der Waals surface area contributed by atoms with E-state index in [4.69, 9.17) is 11.5 Å². The van der Waals surface area contributed by atoms with E-state index in [1.54, 1.807) is 18.1 Å². The Morgan fingerprint density at radius 1 is 1.45 bits per heavy atom. The fourth-order valence-corrected chi connectivity index (χ4v) is 2.83. The Morgan fingerprint density at radius 3 is 2.86 bits per heavy atom. The van der Waals surface area contributed by atoms with Gasteiger partial charge >= 0.3 is 0 Å². The molecule has 0 aliphatic carbocycles. The van der Waals surface area contributed by atoms with Crippen molar-refractivity contribution in [3.63, 3.8) is 0 Å². The van der Waals surface area contributed by atoms with Crippen LogP contribution in [0.5, 0.6) is 0 Å². The molecule has 1 aliphatic heterocycles. The number of carbonyl (C=O) groups excluding carboxylic acids is 1. The Balaban J connectivity index is 1.72. The van der Waals surface area contributed by atoms with Crippen LogP contribution in [0.1, 0.15) is 19.4 Å². The minimum absolute atomic E-state index is 0.132. The zero-order chi connectivity index (χ0) is 15.9. The van der Waals surface area contributed by atoms with E-state index in [2.05, 4.69) is 21.9 Å². The van der Waals surface area contributed by atoms with Gasteiger partial charge in [0.15, 0.2) is 11.5 Å². The summed E-state index contributed by atoms with van der Waals surface area (Å²) in [6.45, 7) is 3.39. The molecule has 1 fully saturated rings. The third-order valence-electron chi connectivity index (χ3n) is 3.94. The predicted molar refractivity (Wildman–Crippen MR) is 87.4 cm³/mol. The fraction of sp³-hybridized carbons (Fsp3) is 0.538. The Labute approximate surface area is 132 Å². The number of hydrogen-bond acceptors (Lipinski definition) is 7. The van der Waals surface area contributed by atoms with Crippen molar-refractivity contribution in [2.45, 2.75) is 24.6 Å². The number of amides is 1. The van der Waals surface area contributed by atoms with Gasteiger partial charge in [-0.25, -0.2) is 4.98 Å². The highest BCUT2D eigenvalue weighted by atomic mass is 32.2. The number of aromatic nitrogens is 4. The Kier molecular flexibility index (Phi) is 3.81. The second kappa shape index (κ2) is 5.64. The van der Waals surface area contributed by atoms with Gasteiger partial charge in [0, 0.05) is 24.8 Å². The average molecular weight is 321 g/mol. The number of nitrogens with two attached hydrogens (primary N) is 2. The molecule has 0 radical (unpaired) electrons. The molecule has 9 heteroatoms. The number of hydrogen-bond donors (Lipinski definition) is 2. The van der Waals surface area contributed by atoms with Crippen molar-refractivity contribution >= 4 is 40.6 Å². The second-order valence-corrected chi connectivity index (χ2v) is 6.77. The summed E-state index contributed by atoms with van der Waals surface area (Å²) in [6, 6.07) is 0.159. The molecular weight excluding hydrogens is 302 g/mol. The van der Waals surface area contributed by atoms with Gasteiger partial charge in [-0.05, 0) is 6.26 Å². The van der Waals surface area contributed by atoms with Crippen molar-refractivity contribution in [1.29, 1.82) is 0 Å². The minimum atomic E-state index is 0.132. The van der Waals surface area contributed by atoms with Crippen LogP contribution in [0, 0.1) is 0 Å². The van der Waals surface area contributed by atoms with Gasteiger partial charge in [-0.1, -0.05) is 6.92 Å². The molecule has 0 bridgehead atoms. The molecule has 118 valence electrons. The minimum Gasteiger partial charge on any atom is -0.382 e. The highest BCUT2D eigenvalue weighted by Crippen LogP contribution is 2.27. The molecule has 22 heavy (non-hydrogen) atoms. The molecule has 1 aliphatic rings. The summed E-state index contributed by atoms with van der Waals surface area (Å²) in [5.41, 5.74) is 12.6. The van der Waals surface area contributed by atoms with Crippen LogP contribution < -0.4 is 11.5 Å². The number of nitrogens with zero attached hydrogens (tertiary/aromatic N) is 5. The molecule has 3 rings (SSSR count). The van der Waals surface area contributed by atoms with Crippen molar-refractivity contribution in [2.75, 3.05) is 30.8 Å². The topological polar surface area (TPSA) is 116 Å². The molecule has 1 amide bonds. The van der Waals surface area contributed by atoms with Gasteiger partial charge in [0.1, 0.15) is 5.52 Å². The first kappa shape index (κ1) is 14.9. The molecule has 4 N–H and O–H groups in total. The summed E-state index contributed by atoms with van der Waals surface area (Å²) in [4.78, 5) is 26.3. The Morgan fingerprint density at radius 2 is 2.18 bits per heavy atom. The maximum absolute atomic E-state index is 12.1. The van der Waals surface area contributed by atoms with E-state index in [0.29, 0.717) is 35.9 Å². The molecule has 1 unspecified atom stereocenters. The number of likely N-dealkylation sites (tertiary alicyclic amines) is 1. The molecule has 1 atom stereocenters. The van der Waals surface area contributed by atoms with Crippen molar-refractivity contribution in [2.24, 2.45) is 0 Å². The first-order chi connectivity index (χ1) is 10.5. The highest BCUT2D eigenvalue weighted by molar-refractivity contribution is 7.99. The zero-order valence-corrected chi connectivity index (χ0v) is 13.4. The molecule has 2 aromatic heterocycles. The van der Waals surface area contributed by atoms with E-state index < -0.39 is 0 Å². The van der Waals surface area contributed by atoms with Crippen LogP contribution in [0.4, 0.5) is 11.8 Å². The Hall–Kier alpha value is -2.03. The molecule has 0 aromatic carbocycles. The van der Waals surface area contributed by atoms with E-state index in [-0.39, 0.29) is 23.7 Å². The molecule has 0 saturated carbocycles. The molecule has 1 saturated heterocycles. The summed E-state index contributed by atoms with van der Waals surface area (Å²) in [6.07, 6.45) is 4.27. The lowest BCUT2D eigenvalue weighted by molar-refractivity contribution is -0.136. The fourth-order valence-electron chi connectivity index (χ4n) is 2.52. The number of nitrogen functional groups attached to an aromatic ring is 2. The third kappa shape index (κ3) is 2.56. The van der Waals surface area contributed by atoms with Crippen LogP contribution in [0.2, 0.25) is 0 Å². The van der Waals surface area contributed by atoms with Crippen LogP contribution in [0.25, 0.3) is 11.2 Å². The monoisotopic (exact) mass is 321 g/mol. The van der Waals surface area contributed by atoms with Gasteiger partial charge in [-0.15, -0.1) is 0 Å². The van der Waals surface area contributed by atoms with E-state index in [1.807, 2.05) is 15.7 Å². The number of rotatable bonds is 4. The lowest BCUT2D eigenvalue weighted by Gasteiger charge is -2.40. The summed E-state index contributed by atoms with van der Waals surface area (Å²) in [7, 11) is 0. The van der Waals surface area contributed by atoms with Gasteiger partial charge in [-0.2, -0.15) is 21.7 Å². The summed E-state index contributed by atoms with van der Waals surface area (Å²) in [5, 5.41) is 0.341. The smallest absolute Gasteiger partial charge is 0.224 e. The lowest BCUT2D eigenvalue weighted by Crippen LogP contribution is -2.51. The van der Waals surface area contributed by atoms with Crippen LogP contribution in [0.3, 0.4) is 0 Å². The van der Waals surface area contributed by atoms with Crippen molar-refractivity contribution in [1.82, 2.24) is 24.4 Å². The van der Waals surface area contributed by atoms with Gasteiger partial charge < -0.3 is 20.9 Å². The van der Waals surface area contributed by atoms with E-state index in [0.717, 1.165) is 0 Å². The molecule has 3 heterocycles. The molecular formula is C13H19N7OS. The quantitative estimate of drug-likeness (QED) is 0.843. The van der Waals surface area contributed by atoms with E-state index in [9.17, 15) is 4.79 Å². The number of carbonyl (C=O) groups is 1. The SMILES string of the molecule is CSC(C)CC(=O)N1CC(n2cnc3c(N)nc(N)nc32)C1. The average Bonchev–Trinajstić information content (AvgIpc) is 2.81. The third-order valence-corrected chi connectivity index (χ3v) is 4.91. The van der Waals surface area contributed by atoms with E-state index in [1.165, 1.54) is 0 Å². The normalized spacial score (nSPS) is 16.7. The predicted octanol–water partition coefficient (Wildman–Crippen LogP) is 0.516. The zero-order valence-electron chi connectivity index (χ0n) is 12.6. The summed E-state index contributed by atoms with van der Waals surface area (Å²) in [5.74, 6) is 0.603. The molecule has 0 spiro atoms. The first-order valence-corrected chi connectivity index (χ1v) is 8.34. The highest BCUT2D eigenvalue weighted by Gasteiger charge is 2.33. The van der Waals surface area contributed by atoms with Gasteiger partial charge in [0.25, 0.3) is 0 Å². The standard InChI is InChI=1S/C13H19N7OS/c1-7(22-2)3-9(21)19-4-8(5-19)20-6-16-10-11(14)17-13(15)18-12(10)20/h6-8H,3-5H2,1-2H3,(H4,14,15,17,18). The van der Waals surface area contributed by atoms with Crippen LogP contribution in [-0.2, 0) is 4.79 Å². The second-order valence-electron chi connectivity index (χ2n) is 5.49.